The van der Waals surface area contributed by atoms with Crippen molar-refractivity contribution in [3.05, 3.63) is 40.4 Å². The number of carboxylic acid groups (broad SMARTS) is 1. The van der Waals surface area contributed by atoms with Gasteiger partial charge in [-0.3, -0.25) is 9.59 Å². The number of hydrogen-bond acceptors (Lipinski definition) is 2. The summed E-state index contributed by atoms with van der Waals surface area (Å²) in [6.45, 7) is 0.620. The second-order valence-electron chi connectivity index (χ2n) is 4.74. The lowest BCUT2D eigenvalue weighted by Crippen LogP contribution is -2.21. The highest BCUT2D eigenvalue weighted by molar-refractivity contribution is 9.10. The van der Waals surface area contributed by atoms with Crippen LogP contribution in [0.4, 0.5) is 0 Å². The van der Waals surface area contributed by atoms with Crippen LogP contribution in [0.2, 0.25) is 0 Å². The van der Waals surface area contributed by atoms with Crippen LogP contribution >= 0.6 is 15.9 Å². The number of unbranched alkanes of at least 4 members (excludes halogenated alkanes) is 3. The van der Waals surface area contributed by atoms with E-state index in [1.807, 2.05) is 24.3 Å². The summed E-state index contributed by atoms with van der Waals surface area (Å²) in [6, 6.07) is 7.71. The van der Waals surface area contributed by atoms with E-state index in [9.17, 15) is 9.59 Å². The van der Waals surface area contributed by atoms with E-state index in [4.69, 9.17) is 5.11 Å². The van der Waals surface area contributed by atoms with Gasteiger partial charge >= 0.3 is 5.97 Å². The van der Waals surface area contributed by atoms with Crippen LogP contribution in [0.25, 0.3) is 6.08 Å². The average molecular weight is 354 g/mol. The van der Waals surface area contributed by atoms with E-state index in [-0.39, 0.29) is 12.3 Å². The van der Waals surface area contributed by atoms with Gasteiger partial charge in [-0.05, 0) is 36.6 Å². The number of aliphatic carboxylic acids is 1. The Morgan fingerprint density at radius 1 is 1.19 bits per heavy atom. The molecule has 0 saturated carbocycles. The lowest BCUT2D eigenvalue weighted by molar-refractivity contribution is -0.137. The van der Waals surface area contributed by atoms with Crippen molar-refractivity contribution < 1.29 is 14.7 Å². The second-order valence-corrected chi connectivity index (χ2v) is 5.65. The highest BCUT2D eigenvalue weighted by Gasteiger charge is 1.98. The smallest absolute Gasteiger partial charge is 0.303 e. The summed E-state index contributed by atoms with van der Waals surface area (Å²) in [6.07, 6.45) is 6.90. The SMILES string of the molecule is O=C(O)CCCCCCNC(=O)/C=C/c1cccc(Br)c1. The van der Waals surface area contributed by atoms with E-state index >= 15 is 0 Å². The number of halogens is 1. The van der Waals surface area contributed by atoms with Crippen LogP contribution in [0.5, 0.6) is 0 Å². The molecule has 0 radical (unpaired) electrons. The molecule has 1 rings (SSSR count). The molecule has 0 spiro atoms. The normalized spacial score (nSPS) is 10.7. The zero-order chi connectivity index (χ0) is 15.5. The van der Waals surface area contributed by atoms with Crippen LogP contribution in [0.15, 0.2) is 34.8 Å². The molecule has 0 heterocycles. The largest absolute Gasteiger partial charge is 0.481 e. The van der Waals surface area contributed by atoms with E-state index in [0.717, 1.165) is 29.3 Å². The second kappa shape index (κ2) is 10.2. The first-order valence-corrected chi connectivity index (χ1v) is 7.80. The van der Waals surface area contributed by atoms with Gasteiger partial charge in [0, 0.05) is 23.5 Å². The van der Waals surface area contributed by atoms with Gasteiger partial charge in [-0.15, -0.1) is 0 Å². The molecule has 0 atom stereocenters. The molecule has 0 fully saturated rings. The number of benzene rings is 1. The Labute approximate surface area is 133 Å². The van der Waals surface area contributed by atoms with Gasteiger partial charge in [-0.1, -0.05) is 40.9 Å². The minimum absolute atomic E-state index is 0.111. The minimum atomic E-state index is -0.749. The van der Waals surface area contributed by atoms with Crippen LogP contribution in [-0.2, 0) is 9.59 Å². The Bertz CT molecular complexity index is 500. The summed E-state index contributed by atoms with van der Waals surface area (Å²) in [7, 11) is 0. The third kappa shape index (κ3) is 9.02. The maximum absolute atomic E-state index is 11.6. The fourth-order valence-electron chi connectivity index (χ4n) is 1.81. The molecule has 21 heavy (non-hydrogen) atoms. The maximum atomic E-state index is 11.6. The molecule has 4 nitrogen and oxygen atoms in total. The first-order valence-electron chi connectivity index (χ1n) is 7.01. The topological polar surface area (TPSA) is 66.4 Å². The van der Waals surface area contributed by atoms with Gasteiger partial charge in [0.25, 0.3) is 0 Å². The van der Waals surface area contributed by atoms with E-state index in [2.05, 4.69) is 21.2 Å². The van der Waals surface area contributed by atoms with Gasteiger partial charge in [0.05, 0.1) is 0 Å². The predicted octanol–water partition coefficient (Wildman–Crippen LogP) is 3.61. The summed E-state index contributed by atoms with van der Waals surface area (Å²) >= 11 is 3.38. The summed E-state index contributed by atoms with van der Waals surface area (Å²) in [4.78, 5) is 21.9. The Morgan fingerprint density at radius 2 is 1.95 bits per heavy atom. The summed E-state index contributed by atoms with van der Waals surface area (Å²) in [5, 5.41) is 11.3. The maximum Gasteiger partial charge on any atom is 0.303 e. The molecule has 0 aromatic heterocycles. The van der Waals surface area contributed by atoms with Crippen molar-refractivity contribution in [2.45, 2.75) is 32.1 Å². The van der Waals surface area contributed by atoms with Crippen molar-refractivity contribution in [1.82, 2.24) is 5.32 Å². The zero-order valence-corrected chi connectivity index (χ0v) is 13.4. The highest BCUT2D eigenvalue weighted by Crippen LogP contribution is 2.12. The van der Waals surface area contributed by atoms with Crippen molar-refractivity contribution in [1.29, 1.82) is 0 Å². The van der Waals surface area contributed by atoms with Gasteiger partial charge < -0.3 is 10.4 Å². The molecule has 0 aliphatic rings. The molecule has 0 bridgehead atoms. The van der Waals surface area contributed by atoms with Crippen LogP contribution < -0.4 is 5.32 Å². The number of carbonyl (C=O) groups is 2. The first-order chi connectivity index (χ1) is 10.1. The monoisotopic (exact) mass is 353 g/mol. The van der Waals surface area contributed by atoms with Crippen LogP contribution in [0.1, 0.15) is 37.7 Å². The molecule has 0 aliphatic heterocycles. The quantitative estimate of drug-likeness (QED) is 0.526. The molecule has 114 valence electrons. The Hall–Kier alpha value is -1.62. The van der Waals surface area contributed by atoms with Crippen LogP contribution in [0.3, 0.4) is 0 Å². The number of carboxylic acids is 1. The lowest BCUT2D eigenvalue weighted by atomic mass is 10.1. The number of carbonyl (C=O) groups excluding carboxylic acids is 1. The number of amides is 1. The van der Waals surface area contributed by atoms with E-state index < -0.39 is 5.97 Å². The predicted molar refractivity (Wildman–Crippen MR) is 86.9 cm³/mol. The first kappa shape index (κ1) is 17.4. The fourth-order valence-corrected chi connectivity index (χ4v) is 2.22. The molecule has 1 aromatic rings. The number of hydrogen-bond donors (Lipinski definition) is 2. The molecule has 1 aromatic carbocycles. The van der Waals surface area contributed by atoms with Crippen LogP contribution in [0, 0.1) is 0 Å². The summed E-state index contributed by atoms with van der Waals surface area (Å²) < 4.78 is 0.978. The van der Waals surface area contributed by atoms with Crippen molar-refractivity contribution in [3.8, 4) is 0 Å². The van der Waals surface area contributed by atoms with Gasteiger partial charge in [-0.2, -0.15) is 0 Å². The Kier molecular flexibility index (Phi) is 8.43. The minimum Gasteiger partial charge on any atom is -0.481 e. The molecule has 2 N–H and O–H groups in total. The Morgan fingerprint density at radius 3 is 2.67 bits per heavy atom. The molecule has 0 unspecified atom stereocenters. The summed E-state index contributed by atoms with van der Waals surface area (Å²) in [5.74, 6) is -0.860. The van der Waals surface area contributed by atoms with E-state index in [1.54, 1.807) is 6.08 Å². The summed E-state index contributed by atoms with van der Waals surface area (Å²) in [5.41, 5.74) is 0.966. The molecular formula is C16H20BrNO3. The Balaban J connectivity index is 2.12. The standard InChI is InChI=1S/C16H20BrNO3/c17-14-7-5-6-13(12-14)9-10-15(19)18-11-4-2-1-3-8-16(20)21/h5-7,9-10,12H,1-4,8,11H2,(H,18,19)(H,20,21)/b10-9+. The molecular weight excluding hydrogens is 334 g/mol. The van der Waals surface area contributed by atoms with Crippen molar-refractivity contribution in [3.63, 3.8) is 0 Å². The van der Waals surface area contributed by atoms with Crippen molar-refractivity contribution >= 4 is 33.9 Å². The van der Waals surface area contributed by atoms with Crippen molar-refractivity contribution in [2.75, 3.05) is 6.54 Å². The van der Waals surface area contributed by atoms with Crippen LogP contribution in [-0.4, -0.2) is 23.5 Å². The number of rotatable bonds is 9. The highest BCUT2D eigenvalue weighted by atomic mass is 79.9. The molecule has 0 aliphatic carbocycles. The average Bonchev–Trinajstić information content (AvgIpc) is 2.44. The van der Waals surface area contributed by atoms with E-state index in [1.165, 1.54) is 6.08 Å². The van der Waals surface area contributed by atoms with Crippen molar-refractivity contribution in [2.24, 2.45) is 0 Å². The molecule has 5 heteroatoms. The molecule has 1 amide bonds. The van der Waals surface area contributed by atoms with Gasteiger partial charge in [0.2, 0.25) is 5.91 Å². The fraction of sp³-hybridized carbons (Fsp3) is 0.375. The third-order valence-electron chi connectivity index (χ3n) is 2.89. The van der Waals surface area contributed by atoms with Gasteiger partial charge in [-0.25, -0.2) is 0 Å². The third-order valence-corrected chi connectivity index (χ3v) is 3.39. The van der Waals surface area contributed by atoms with Gasteiger partial charge in [0.15, 0.2) is 0 Å². The molecule has 0 saturated heterocycles. The van der Waals surface area contributed by atoms with Gasteiger partial charge in [0.1, 0.15) is 0 Å². The van der Waals surface area contributed by atoms with E-state index in [0.29, 0.717) is 13.0 Å². The number of nitrogens with one attached hydrogen (secondary N) is 1. The lowest BCUT2D eigenvalue weighted by Gasteiger charge is -2.02. The zero-order valence-electron chi connectivity index (χ0n) is 11.8.